The van der Waals surface area contributed by atoms with Gasteiger partial charge < -0.3 is 4.74 Å². The van der Waals surface area contributed by atoms with Crippen LogP contribution in [0.4, 0.5) is 0 Å². The number of nitrogens with zero attached hydrogens (tertiary/aromatic N) is 2. The first-order valence-electron chi connectivity index (χ1n) is 9.89. The van der Waals surface area contributed by atoms with Gasteiger partial charge in [0.1, 0.15) is 12.4 Å². The minimum Gasteiger partial charge on any atom is -0.487 e. The van der Waals surface area contributed by atoms with E-state index in [0.717, 1.165) is 36.0 Å². The Hall–Kier alpha value is -1.77. The van der Waals surface area contributed by atoms with Crippen LogP contribution in [0.3, 0.4) is 0 Å². The first kappa shape index (κ1) is 21.1. The largest absolute Gasteiger partial charge is 0.487 e. The van der Waals surface area contributed by atoms with E-state index in [2.05, 4.69) is 65.0 Å². The van der Waals surface area contributed by atoms with Crippen LogP contribution in [0.15, 0.2) is 67.1 Å². The van der Waals surface area contributed by atoms with Crippen molar-refractivity contribution in [1.29, 1.82) is 0 Å². The number of hydrogen-bond acceptors (Lipinski definition) is 4. The molecule has 5 rings (SSSR count). The van der Waals surface area contributed by atoms with E-state index in [1.54, 1.807) is 6.21 Å². The minimum absolute atomic E-state index is 0.178. The number of allylic oxidation sites excluding steroid dienone is 2. The second kappa shape index (κ2) is 8.30. The summed E-state index contributed by atoms with van der Waals surface area (Å²) in [4.78, 5) is 25.5. The normalized spacial score (nSPS) is 26.4. The monoisotopic (exact) mass is 606 g/mol. The van der Waals surface area contributed by atoms with Gasteiger partial charge in [0.15, 0.2) is 0 Å². The van der Waals surface area contributed by atoms with Gasteiger partial charge in [-0.15, -0.1) is 0 Å². The molecule has 2 fully saturated rings. The van der Waals surface area contributed by atoms with E-state index in [9.17, 15) is 9.59 Å². The Kier molecular flexibility index (Phi) is 5.65. The molecule has 0 unspecified atom stereocenters. The predicted molar refractivity (Wildman–Crippen MR) is 127 cm³/mol. The zero-order valence-electron chi connectivity index (χ0n) is 16.2. The fourth-order valence-corrected chi connectivity index (χ4v) is 6.37. The van der Waals surface area contributed by atoms with Gasteiger partial charge >= 0.3 is 0 Å². The van der Waals surface area contributed by atoms with E-state index in [1.807, 2.05) is 36.4 Å². The number of amides is 2. The Labute approximate surface area is 204 Å². The highest BCUT2D eigenvalue weighted by molar-refractivity contribution is 9.11. The number of imide groups is 1. The summed E-state index contributed by atoms with van der Waals surface area (Å²) in [5, 5.41) is 5.30. The lowest BCUT2D eigenvalue weighted by molar-refractivity contribution is -0.140. The molecule has 2 aromatic carbocycles. The smallest absolute Gasteiger partial charge is 0.254 e. The van der Waals surface area contributed by atoms with Crippen molar-refractivity contribution in [2.45, 2.75) is 13.0 Å². The quantitative estimate of drug-likeness (QED) is 0.249. The lowest BCUT2D eigenvalue weighted by atomic mass is 9.85. The van der Waals surface area contributed by atoms with E-state index in [-0.39, 0.29) is 35.5 Å². The summed E-state index contributed by atoms with van der Waals surface area (Å²) >= 11 is 10.5. The van der Waals surface area contributed by atoms with Gasteiger partial charge in [-0.1, -0.05) is 40.2 Å². The van der Waals surface area contributed by atoms with Crippen molar-refractivity contribution in [1.82, 2.24) is 5.01 Å². The second-order valence-electron chi connectivity index (χ2n) is 7.96. The average Bonchev–Trinajstić information content (AvgIpc) is 3.42. The van der Waals surface area contributed by atoms with Crippen LogP contribution in [0.1, 0.15) is 17.5 Å². The zero-order chi connectivity index (χ0) is 21.7. The number of fused-ring (bicyclic) bond motifs is 5. The molecular formula is C23H17Br3N2O3. The molecule has 5 nitrogen and oxygen atoms in total. The Morgan fingerprint density at radius 1 is 0.968 bits per heavy atom. The molecule has 1 saturated carbocycles. The molecule has 2 amide bonds. The third-order valence-corrected chi connectivity index (χ3v) is 7.79. The van der Waals surface area contributed by atoms with E-state index in [0.29, 0.717) is 12.4 Å². The maximum absolute atomic E-state index is 12.8. The van der Waals surface area contributed by atoms with Gasteiger partial charge in [-0.25, -0.2) is 0 Å². The first-order chi connectivity index (χ1) is 14.9. The Morgan fingerprint density at radius 2 is 1.55 bits per heavy atom. The molecule has 0 spiro atoms. The number of ether oxygens (including phenoxy) is 1. The standard InChI is InChI=1S/C23H17Br3N2O3/c24-16-5-1-12(2-6-16)11-31-21-17(25)7-13(8-18(21)26)10-27-28-22(29)19-14-3-4-15(9-14)20(19)23(28)30/h1-8,10,14-15,19-20H,9,11H2/b27-10-/t14-,15-,19+,20+/m0/s1. The van der Waals surface area contributed by atoms with Crippen LogP contribution in [-0.2, 0) is 16.2 Å². The van der Waals surface area contributed by atoms with Gasteiger partial charge in [-0.05, 0) is 85.5 Å². The molecule has 0 aromatic heterocycles. The van der Waals surface area contributed by atoms with Crippen molar-refractivity contribution in [2.24, 2.45) is 28.8 Å². The van der Waals surface area contributed by atoms with E-state index in [4.69, 9.17) is 4.74 Å². The molecule has 31 heavy (non-hydrogen) atoms. The number of halogens is 3. The molecule has 4 atom stereocenters. The van der Waals surface area contributed by atoms with Crippen LogP contribution in [0, 0.1) is 23.7 Å². The van der Waals surface area contributed by atoms with Crippen LogP contribution in [0.2, 0.25) is 0 Å². The molecule has 1 saturated heterocycles. The number of carbonyl (C=O) groups is 2. The highest BCUT2D eigenvalue weighted by Crippen LogP contribution is 2.52. The van der Waals surface area contributed by atoms with Gasteiger partial charge in [0.2, 0.25) is 0 Å². The second-order valence-corrected chi connectivity index (χ2v) is 10.6. The molecule has 2 bridgehead atoms. The maximum Gasteiger partial charge on any atom is 0.254 e. The van der Waals surface area contributed by atoms with Crippen molar-refractivity contribution < 1.29 is 14.3 Å². The van der Waals surface area contributed by atoms with Gasteiger partial charge in [0.05, 0.1) is 27.0 Å². The molecule has 2 aliphatic carbocycles. The van der Waals surface area contributed by atoms with Gasteiger partial charge in [0.25, 0.3) is 11.8 Å². The van der Waals surface area contributed by atoms with E-state index in [1.165, 1.54) is 0 Å². The summed E-state index contributed by atoms with van der Waals surface area (Å²) in [5.41, 5.74) is 1.79. The van der Waals surface area contributed by atoms with Crippen molar-refractivity contribution in [3.63, 3.8) is 0 Å². The van der Waals surface area contributed by atoms with Crippen LogP contribution < -0.4 is 4.74 Å². The molecule has 158 valence electrons. The highest BCUT2D eigenvalue weighted by atomic mass is 79.9. The van der Waals surface area contributed by atoms with Crippen LogP contribution in [0.5, 0.6) is 5.75 Å². The summed E-state index contributed by atoms with van der Waals surface area (Å²) in [6.45, 7) is 0.424. The highest BCUT2D eigenvalue weighted by Gasteiger charge is 2.59. The lowest BCUT2D eigenvalue weighted by Gasteiger charge is -2.13. The molecule has 1 aliphatic heterocycles. The van der Waals surface area contributed by atoms with E-state index >= 15 is 0 Å². The van der Waals surface area contributed by atoms with Gasteiger partial charge in [-0.3, -0.25) is 9.59 Å². The summed E-state index contributed by atoms with van der Waals surface area (Å²) in [7, 11) is 0. The third-order valence-electron chi connectivity index (χ3n) is 6.09. The van der Waals surface area contributed by atoms with Gasteiger partial charge in [0, 0.05) is 4.47 Å². The molecule has 2 aromatic rings. The number of hydrazone groups is 1. The van der Waals surface area contributed by atoms with Crippen LogP contribution >= 0.6 is 47.8 Å². The van der Waals surface area contributed by atoms with Crippen molar-refractivity contribution >= 4 is 65.8 Å². The number of rotatable bonds is 5. The average molecular weight is 609 g/mol. The fraction of sp³-hybridized carbons (Fsp3) is 0.261. The molecular weight excluding hydrogens is 592 g/mol. The summed E-state index contributed by atoms with van der Waals surface area (Å²) in [6, 6.07) is 11.6. The Bertz CT molecular complexity index is 1080. The van der Waals surface area contributed by atoms with Crippen molar-refractivity contribution in [3.8, 4) is 5.75 Å². The Balaban J connectivity index is 1.30. The lowest BCUT2D eigenvalue weighted by Crippen LogP contribution is -2.28. The van der Waals surface area contributed by atoms with Crippen molar-refractivity contribution in [2.75, 3.05) is 0 Å². The summed E-state index contributed by atoms with van der Waals surface area (Å²) in [5.74, 6) is 0.172. The molecule has 1 heterocycles. The van der Waals surface area contributed by atoms with Gasteiger partial charge in [-0.2, -0.15) is 10.1 Å². The minimum atomic E-state index is -0.243. The summed E-state index contributed by atoms with van der Waals surface area (Å²) < 4.78 is 8.48. The Morgan fingerprint density at radius 3 is 2.13 bits per heavy atom. The van der Waals surface area contributed by atoms with Crippen LogP contribution in [0.25, 0.3) is 0 Å². The maximum atomic E-state index is 12.8. The third kappa shape index (κ3) is 3.83. The predicted octanol–water partition coefficient (Wildman–Crippen LogP) is 5.69. The van der Waals surface area contributed by atoms with E-state index < -0.39 is 0 Å². The molecule has 3 aliphatic rings. The van der Waals surface area contributed by atoms with Crippen LogP contribution in [-0.4, -0.2) is 23.0 Å². The summed E-state index contributed by atoms with van der Waals surface area (Å²) in [6.07, 6.45) is 6.60. The first-order valence-corrected chi connectivity index (χ1v) is 12.3. The zero-order valence-corrected chi connectivity index (χ0v) is 20.9. The number of carbonyl (C=O) groups excluding carboxylic acids is 2. The number of benzene rings is 2. The SMILES string of the molecule is O=C1[C@H]2[C@H](C(=O)N1/N=C\c1cc(Br)c(OCc3ccc(Br)cc3)c(Br)c1)[C@H]1C=C[C@H]2C1. The molecule has 8 heteroatoms. The number of hydrogen-bond donors (Lipinski definition) is 0. The molecule has 0 N–H and O–H groups in total. The van der Waals surface area contributed by atoms with Crippen molar-refractivity contribution in [3.05, 3.63) is 73.1 Å². The topological polar surface area (TPSA) is 59.0 Å². The fourth-order valence-electron chi connectivity index (χ4n) is 4.65. The molecule has 0 radical (unpaired) electrons.